The van der Waals surface area contributed by atoms with Crippen molar-refractivity contribution in [3.63, 3.8) is 0 Å². The molecule has 1 aromatic carbocycles. The summed E-state index contributed by atoms with van der Waals surface area (Å²) < 4.78 is 6.04. The Morgan fingerprint density at radius 3 is 3.25 bits per heavy atom. The molecule has 2 saturated heterocycles. The number of rotatable bonds is 3. The third-order valence-corrected chi connectivity index (χ3v) is 5.43. The average Bonchev–Trinajstić information content (AvgIpc) is 2.93. The van der Waals surface area contributed by atoms with E-state index in [-0.39, 0.29) is 5.60 Å². The van der Waals surface area contributed by atoms with Gasteiger partial charge in [0.1, 0.15) is 0 Å². The number of nitrogens with zero attached hydrogens (tertiary/aromatic N) is 1. The van der Waals surface area contributed by atoms with Crippen LogP contribution in [0.1, 0.15) is 30.4 Å². The number of nitrogens with one attached hydrogen (secondary N) is 1. The lowest BCUT2D eigenvalue weighted by Crippen LogP contribution is -2.47. The van der Waals surface area contributed by atoms with Crippen molar-refractivity contribution in [3.8, 4) is 6.07 Å². The van der Waals surface area contributed by atoms with E-state index in [0.29, 0.717) is 6.04 Å². The molecule has 2 atom stereocenters. The highest BCUT2D eigenvalue weighted by atomic mass is 32.2. The largest absolute Gasteiger partial charge is 0.374 e. The summed E-state index contributed by atoms with van der Waals surface area (Å²) in [5.74, 6) is 2.38. The number of hydrogen-bond donors (Lipinski definition) is 1. The molecule has 2 aliphatic rings. The van der Waals surface area contributed by atoms with Crippen LogP contribution in [0.3, 0.4) is 0 Å². The SMILES string of the molecule is N#Cc1cccc(CNC2CCOC3(CCSC3)C2)c1. The molecule has 1 spiro atoms. The summed E-state index contributed by atoms with van der Waals surface area (Å²) in [5.41, 5.74) is 2.06. The second-order valence-corrected chi connectivity index (χ2v) is 6.82. The van der Waals surface area contributed by atoms with Crippen LogP contribution in [-0.2, 0) is 11.3 Å². The Kier molecular flexibility index (Phi) is 4.30. The van der Waals surface area contributed by atoms with Gasteiger partial charge in [0.15, 0.2) is 0 Å². The topological polar surface area (TPSA) is 45.0 Å². The molecule has 20 heavy (non-hydrogen) atoms. The molecule has 106 valence electrons. The van der Waals surface area contributed by atoms with Crippen molar-refractivity contribution < 1.29 is 4.74 Å². The fourth-order valence-electron chi connectivity index (χ4n) is 3.08. The highest BCUT2D eigenvalue weighted by Crippen LogP contribution is 2.38. The van der Waals surface area contributed by atoms with Crippen LogP contribution in [0.5, 0.6) is 0 Å². The zero-order chi connectivity index (χ0) is 13.8. The highest BCUT2D eigenvalue weighted by Gasteiger charge is 2.40. The number of ether oxygens (including phenoxy) is 1. The van der Waals surface area contributed by atoms with Gasteiger partial charge >= 0.3 is 0 Å². The monoisotopic (exact) mass is 288 g/mol. The zero-order valence-electron chi connectivity index (χ0n) is 11.6. The van der Waals surface area contributed by atoms with Crippen LogP contribution < -0.4 is 5.32 Å². The summed E-state index contributed by atoms with van der Waals surface area (Å²) in [5, 5.41) is 12.6. The molecule has 3 rings (SSSR count). The van der Waals surface area contributed by atoms with E-state index in [9.17, 15) is 0 Å². The molecule has 2 aliphatic heterocycles. The van der Waals surface area contributed by atoms with Crippen LogP contribution in [0.15, 0.2) is 24.3 Å². The standard InChI is InChI=1S/C16H20N2OS/c17-10-13-2-1-3-14(8-13)11-18-15-4-6-19-16(9-15)5-7-20-12-16/h1-3,8,15,18H,4-7,9,11-12H2. The van der Waals surface area contributed by atoms with Gasteiger partial charge < -0.3 is 10.1 Å². The van der Waals surface area contributed by atoms with Crippen molar-refractivity contribution in [2.75, 3.05) is 18.1 Å². The molecule has 2 unspecified atom stereocenters. The predicted molar refractivity (Wildman–Crippen MR) is 81.6 cm³/mol. The van der Waals surface area contributed by atoms with Gasteiger partial charge in [0, 0.05) is 24.9 Å². The summed E-state index contributed by atoms with van der Waals surface area (Å²) in [6.45, 7) is 1.71. The summed E-state index contributed by atoms with van der Waals surface area (Å²) in [6, 6.07) is 10.6. The highest BCUT2D eigenvalue weighted by molar-refractivity contribution is 7.99. The van der Waals surface area contributed by atoms with Crippen molar-refractivity contribution in [2.45, 2.75) is 37.5 Å². The minimum atomic E-state index is 0.134. The Hall–Kier alpha value is -1.02. The van der Waals surface area contributed by atoms with E-state index in [2.05, 4.69) is 17.5 Å². The molecule has 2 heterocycles. The van der Waals surface area contributed by atoms with E-state index < -0.39 is 0 Å². The van der Waals surface area contributed by atoms with E-state index in [1.54, 1.807) is 0 Å². The summed E-state index contributed by atoms with van der Waals surface area (Å²) in [7, 11) is 0. The lowest BCUT2D eigenvalue weighted by atomic mass is 9.90. The van der Waals surface area contributed by atoms with Gasteiger partial charge in [-0.2, -0.15) is 17.0 Å². The average molecular weight is 288 g/mol. The van der Waals surface area contributed by atoms with Crippen LogP contribution in [0.2, 0.25) is 0 Å². The van der Waals surface area contributed by atoms with Crippen LogP contribution in [-0.4, -0.2) is 29.8 Å². The molecule has 2 fully saturated rings. The van der Waals surface area contributed by atoms with Crippen molar-refractivity contribution >= 4 is 11.8 Å². The first-order valence-electron chi connectivity index (χ1n) is 7.24. The minimum Gasteiger partial charge on any atom is -0.374 e. The maximum Gasteiger partial charge on any atom is 0.0991 e. The van der Waals surface area contributed by atoms with E-state index >= 15 is 0 Å². The van der Waals surface area contributed by atoms with Gasteiger partial charge in [0.2, 0.25) is 0 Å². The Bertz CT molecular complexity index is 505. The molecular weight excluding hydrogens is 268 g/mol. The summed E-state index contributed by atoms with van der Waals surface area (Å²) in [6.07, 6.45) is 3.40. The second-order valence-electron chi connectivity index (χ2n) is 5.72. The fraction of sp³-hybridized carbons (Fsp3) is 0.562. The lowest BCUT2D eigenvalue weighted by Gasteiger charge is -2.38. The van der Waals surface area contributed by atoms with Crippen LogP contribution >= 0.6 is 11.8 Å². The summed E-state index contributed by atoms with van der Waals surface area (Å²) >= 11 is 2.01. The fourth-order valence-corrected chi connectivity index (χ4v) is 4.46. The molecule has 0 radical (unpaired) electrons. The van der Waals surface area contributed by atoms with Gasteiger partial charge in [-0.15, -0.1) is 0 Å². The lowest BCUT2D eigenvalue weighted by molar-refractivity contribution is -0.0703. The van der Waals surface area contributed by atoms with Gasteiger partial charge in [0.25, 0.3) is 0 Å². The first-order chi connectivity index (χ1) is 9.80. The quantitative estimate of drug-likeness (QED) is 0.929. The van der Waals surface area contributed by atoms with Gasteiger partial charge in [0.05, 0.1) is 17.2 Å². The third-order valence-electron chi connectivity index (χ3n) is 4.21. The third kappa shape index (κ3) is 3.17. The number of thioether (sulfide) groups is 1. The molecule has 1 N–H and O–H groups in total. The molecule has 3 nitrogen and oxygen atoms in total. The molecule has 0 bridgehead atoms. The molecule has 0 amide bonds. The minimum absolute atomic E-state index is 0.134. The smallest absolute Gasteiger partial charge is 0.0991 e. The molecule has 1 aromatic rings. The Morgan fingerprint density at radius 1 is 1.50 bits per heavy atom. The molecule has 4 heteroatoms. The number of nitriles is 1. The molecule has 0 aromatic heterocycles. The Labute approximate surface area is 124 Å². The second kappa shape index (κ2) is 6.17. The van der Waals surface area contributed by atoms with E-state index in [4.69, 9.17) is 10.00 Å². The van der Waals surface area contributed by atoms with E-state index in [0.717, 1.165) is 37.3 Å². The van der Waals surface area contributed by atoms with Crippen molar-refractivity contribution in [2.24, 2.45) is 0 Å². The van der Waals surface area contributed by atoms with Gasteiger partial charge in [-0.3, -0.25) is 0 Å². The Balaban J connectivity index is 1.56. The normalized spacial score (nSPS) is 29.4. The van der Waals surface area contributed by atoms with Gasteiger partial charge in [-0.05, 0) is 42.7 Å². The van der Waals surface area contributed by atoms with Crippen LogP contribution in [0, 0.1) is 11.3 Å². The van der Waals surface area contributed by atoms with Crippen LogP contribution in [0.25, 0.3) is 0 Å². The zero-order valence-corrected chi connectivity index (χ0v) is 12.4. The molecule has 0 aliphatic carbocycles. The number of hydrogen-bond acceptors (Lipinski definition) is 4. The van der Waals surface area contributed by atoms with Crippen molar-refractivity contribution in [3.05, 3.63) is 35.4 Å². The van der Waals surface area contributed by atoms with Crippen molar-refractivity contribution in [1.82, 2.24) is 5.32 Å². The summed E-state index contributed by atoms with van der Waals surface area (Å²) in [4.78, 5) is 0. The maximum atomic E-state index is 8.93. The van der Waals surface area contributed by atoms with Crippen molar-refractivity contribution in [1.29, 1.82) is 5.26 Å². The number of benzene rings is 1. The first-order valence-corrected chi connectivity index (χ1v) is 8.39. The first kappa shape index (κ1) is 13.9. The maximum absolute atomic E-state index is 8.93. The van der Waals surface area contributed by atoms with Gasteiger partial charge in [-0.1, -0.05) is 12.1 Å². The molecule has 0 saturated carbocycles. The van der Waals surface area contributed by atoms with Gasteiger partial charge in [-0.25, -0.2) is 0 Å². The van der Waals surface area contributed by atoms with E-state index in [1.165, 1.54) is 17.7 Å². The van der Waals surface area contributed by atoms with E-state index in [1.807, 2.05) is 30.0 Å². The molecular formula is C16H20N2OS. The predicted octanol–water partition coefficient (Wildman–Crippen LogP) is 2.70. The van der Waals surface area contributed by atoms with Crippen LogP contribution in [0.4, 0.5) is 0 Å². The Morgan fingerprint density at radius 2 is 2.45 bits per heavy atom.